The van der Waals surface area contributed by atoms with Gasteiger partial charge in [0.2, 0.25) is 0 Å². The Hall–Kier alpha value is -4.27. The van der Waals surface area contributed by atoms with Gasteiger partial charge in [-0.1, -0.05) is 98.1 Å². The normalized spacial score (nSPS) is 11.7. The van der Waals surface area contributed by atoms with E-state index in [9.17, 15) is 4.79 Å². The third kappa shape index (κ3) is 14.7. The van der Waals surface area contributed by atoms with Crippen LogP contribution in [0.1, 0.15) is 123 Å². The van der Waals surface area contributed by atoms with Gasteiger partial charge in [0.25, 0.3) is 0 Å². The first-order valence-corrected chi connectivity index (χ1v) is 17.0. The van der Waals surface area contributed by atoms with Gasteiger partial charge < -0.3 is 9.88 Å². The highest BCUT2D eigenvalue weighted by Crippen LogP contribution is 2.33. The molecule has 0 aliphatic rings. The highest BCUT2D eigenvalue weighted by atomic mass is 16.1. The molecule has 0 fully saturated rings. The molecule has 0 amide bonds. The van der Waals surface area contributed by atoms with Crippen molar-refractivity contribution in [3.8, 4) is 11.3 Å². The van der Waals surface area contributed by atoms with E-state index >= 15 is 0 Å². The van der Waals surface area contributed by atoms with Crippen LogP contribution >= 0.6 is 0 Å². The number of rotatable bonds is 20. The zero-order chi connectivity index (χ0) is 35.2. The van der Waals surface area contributed by atoms with Gasteiger partial charge in [0.15, 0.2) is 0 Å². The number of aromatic nitrogens is 2. The fourth-order valence-corrected chi connectivity index (χ4v) is 5.24. The predicted octanol–water partition coefficient (Wildman–Crippen LogP) is 12.1. The van der Waals surface area contributed by atoms with Crippen LogP contribution in [-0.2, 0) is 4.79 Å². The maximum absolute atomic E-state index is 13.0. The molecule has 1 unspecified atom stereocenters. The fraction of sp³-hybridized carbons (Fsp3) is 0.419. The molecular formula is C43H64N4O. The first-order chi connectivity index (χ1) is 22.7. The quantitative estimate of drug-likeness (QED) is 0.0670. The second-order valence-corrected chi connectivity index (χ2v) is 11.6. The van der Waals surface area contributed by atoms with Crippen molar-refractivity contribution in [2.75, 3.05) is 20.6 Å². The molecule has 1 N–H and O–H groups in total. The first-order valence-electron chi connectivity index (χ1n) is 17.0. The topological polar surface area (TPSA) is 61.4 Å². The van der Waals surface area contributed by atoms with Gasteiger partial charge in [-0.15, -0.1) is 11.5 Å². The molecule has 0 radical (unpaired) electrons. The second kappa shape index (κ2) is 24.8. The summed E-state index contributed by atoms with van der Waals surface area (Å²) in [6, 6.07) is 4.33. The summed E-state index contributed by atoms with van der Waals surface area (Å²) < 4.78 is 0. The number of likely N-dealkylation sites (N-methyl/N-ethyl adjacent to an activating group) is 1. The van der Waals surface area contributed by atoms with Gasteiger partial charge in [-0.2, -0.15) is 0 Å². The van der Waals surface area contributed by atoms with Crippen LogP contribution in [0.4, 0.5) is 0 Å². The van der Waals surface area contributed by atoms with Crippen LogP contribution in [0, 0.1) is 0 Å². The molecule has 0 aliphatic carbocycles. The van der Waals surface area contributed by atoms with Crippen LogP contribution in [-0.4, -0.2) is 47.0 Å². The third-order valence-electron chi connectivity index (χ3n) is 7.72. The van der Waals surface area contributed by atoms with E-state index in [-0.39, 0.29) is 20.6 Å². The Kier molecular flexibility index (Phi) is 22.6. The lowest BCUT2D eigenvalue weighted by atomic mass is 9.92. The lowest BCUT2D eigenvalue weighted by Crippen LogP contribution is -2.23. The number of carbonyl (C=O) groups is 1. The molecule has 0 saturated heterocycles. The summed E-state index contributed by atoms with van der Waals surface area (Å²) in [5, 5.41) is 0. The summed E-state index contributed by atoms with van der Waals surface area (Å²) in [4.78, 5) is 27.7. The number of nitrogens with zero attached hydrogens (tertiary/aromatic N) is 3. The Morgan fingerprint density at radius 2 is 1.83 bits per heavy atom. The first kappa shape index (κ1) is 43.7. The number of imidazole rings is 1. The zero-order valence-electron chi connectivity index (χ0n) is 30.2. The number of allylic oxidation sites excluding steroid dienone is 5. The molecule has 0 bridgehead atoms. The smallest absolute Gasteiger partial charge is 0.147 e. The molecule has 2 rings (SSSR count). The maximum Gasteiger partial charge on any atom is 0.147 e. The van der Waals surface area contributed by atoms with Gasteiger partial charge >= 0.3 is 0 Å². The van der Waals surface area contributed by atoms with E-state index < -0.39 is 0 Å². The molecule has 0 aliphatic heterocycles. The average Bonchev–Trinajstić information content (AvgIpc) is 3.56. The van der Waals surface area contributed by atoms with Crippen LogP contribution in [0.15, 0.2) is 91.1 Å². The standard InChI is InChI=1S/C40H52N4O.C2H6.CH4.H2/c1-10-15-18-22-34-27-38(33(14-5)26-37(34)30(6)12-3)39-28-42-40(43-39)35(25-36(45)29-44(8)9)23-20-17-19-21-32(13-4)31(7)41-24-16-11-2;1-2;;/h11,14,16,18,22,24,26-28,35H,2-5,10,15,17,19-21,23,25,29H2,1,6-9H3,(H,42,43);1-2H3;1H4;1H/b22-18-,24-16-,41-31?;;;. The van der Waals surface area contributed by atoms with Crippen LogP contribution < -0.4 is 0 Å². The molecule has 262 valence electrons. The van der Waals surface area contributed by atoms with E-state index in [1.165, 1.54) is 0 Å². The largest absolute Gasteiger partial charge is 0.342 e. The van der Waals surface area contributed by atoms with Crippen molar-refractivity contribution in [3.05, 3.63) is 109 Å². The van der Waals surface area contributed by atoms with Crippen LogP contribution in [0.5, 0.6) is 0 Å². The van der Waals surface area contributed by atoms with E-state index in [1.807, 2.05) is 59.0 Å². The van der Waals surface area contributed by atoms with E-state index in [0.717, 1.165) is 95.6 Å². The number of aromatic amines is 1. The van der Waals surface area contributed by atoms with Gasteiger partial charge in [0.05, 0.1) is 18.4 Å². The summed E-state index contributed by atoms with van der Waals surface area (Å²) in [5.74, 6) is 1.07. The van der Waals surface area contributed by atoms with Crippen molar-refractivity contribution in [3.63, 3.8) is 0 Å². The lowest BCUT2D eigenvalue weighted by Gasteiger charge is -2.16. The number of ketones is 1. The Labute approximate surface area is 294 Å². The van der Waals surface area contributed by atoms with E-state index in [1.54, 1.807) is 18.4 Å². The van der Waals surface area contributed by atoms with E-state index in [4.69, 9.17) is 4.98 Å². The number of aliphatic imine (C=N–C) groups is 1. The molecule has 1 atom stereocenters. The molecule has 1 heterocycles. The van der Waals surface area contributed by atoms with Gasteiger partial charge in [-0.25, -0.2) is 4.98 Å². The minimum atomic E-state index is 0. The number of H-pyrrole nitrogens is 1. The minimum Gasteiger partial charge on any atom is -0.342 e. The van der Waals surface area contributed by atoms with Crippen molar-refractivity contribution >= 4 is 29.2 Å². The molecule has 1 aromatic carbocycles. The number of Topliss-reactive ketones (excluding diaryl/α,β-unsaturated/α-hetero) is 1. The van der Waals surface area contributed by atoms with Crippen molar-refractivity contribution in [1.29, 1.82) is 0 Å². The van der Waals surface area contributed by atoms with Gasteiger partial charge in [-0.3, -0.25) is 9.79 Å². The molecule has 0 saturated carbocycles. The van der Waals surface area contributed by atoms with Gasteiger partial charge in [0.1, 0.15) is 11.6 Å². The zero-order valence-corrected chi connectivity index (χ0v) is 30.2. The Morgan fingerprint density at radius 3 is 2.44 bits per heavy atom. The van der Waals surface area contributed by atoms with Gasteiger partial charge in [0, 0.05) is 36.8 Å². The summed E-state index contributed by atoms with van der Waals surface area (Å²) in [6.07, 6.45) is 20.7. The molecule has 48 heavy (non-hydrogen) atoms. The average molecular weight is 653 g/mol. The molecular weight excluding hydrogens is 589 g/mol. The number of nitrogens with one attached hydrogen (secondary N) is 1. The third-order valence-corrected chi connectivity index (χ3v) is 7.72. The number of hydrogen-bond donors (Lipinski definition) is 1. The van der Waals surface area contributed by atoms with Crippen molar-refractivity contribution in [1.82, 2.24) is 14.9 Å². The molecule has 5 nitrogen and oxygen atoms in total. The van der Waals surface area contributed by atoms with Crippen LogP contribution in [0.2, 0.25) is 0 Å². The highest BCUT2D eigenvalue weighted by molar-refractivity contribution is 5.98. The number of benzene rings is 1. The summed E-state index contributed by atoms with van der Waals surface area (Å²) in [7, 11) is 3.86. The fourth-order valence-electron chi connectivity index (χ4n) is 5.24. The van der Waals surface area contributed by atoms with Crippen molar-refractivity contribution in [2.45, 2.75) is 99.3 Å². The highest BCUT2D eigenvalue weighted by Gasteiger charge is 2.21. The summed E-state index contributed by atoms with van der Waals surface area (Å²) in [5.41, 5.74) is 14.2. The van der Waals surface area contributed by atoms with E-state index in [0.29, 0.717) is 13.0 Å². The Bertz CT molecular complexity index is 1510. The maximum atomic E-state index is 13.0. The molecule has 5 heteroatoms. The summed E-state index contributed by atoms with van der Waals surface area (Å²) in [6.45, 7) is 26.1. The number of unbranched alkanes of at least 4 members (excludes halogenated alkanes) is 3. The molecule has 2 aromatic rings. The molecule has 0 spiro atoms. The van der Waals surface area contributed by atoms with Crippen LogP contribution in [0.25, 0.3) is 29.0 Å². The summed E-state index contributed by atoms with van der Waals surface area (Å²) >= 11 is 0. The molecule has 1 aromatic heterocycles. The van der Waals surface area contributed by atoms with Crippen LogP contribution in [0.3, 0.4) is 0 Å². The van der Waals surface area contributed by atoms with Crippen molar-refractivity contribution < 1.29 is 6.22 Å². The van der Waals surface area contributed by atoms with E-state index in [2.05, 4.69) is 79.0 Å². The monoisotopic (exact) mass is 653 g/mol. The number of hydrogen-bond acceptors (Lipinski definition) is 4. The Morgan fingerprint density at radius 1 is 1.10 bits per heavy atom. The second-order valence-electron chi connectivity index (χ2n) is 11.6. The lowest BCUT2D eigenvalue weighted by molar-refractivity contribution is -0.120. The predicted molar refractivity (Wildman–Crippen MR) is 216 cm³/mol. The minimum absolute atomic E-state index is 0. The Balaban J connectivity index is 0. The van der Waals surface area contributed by atoms with Gasteiger partial charge in [-0.05, 0) is 94.1 Å². The SMILES string of the molecule is C.C=C=C(CCCCCC(CC(=O)CN(C)C)c1ncc(-c2cc(/C=C\CCC)c(C(C)=C=C)cc2C=C)[nH]1)C(C)=N/C=C\C=C.CC.[HH]. The van der Waals surface area contributed by atoms with Crippen molar-refractivity contribution in [2.24, 2.45) is 4.99 Å². The number of carbonyl (C=O) groups excluding carboxylic acids is 1.